The SMILES string of the molecule is CC[C@H]1O[C@@H](n2ccc(=S)[nH]c2=O)C(C)(C(F)(F)F)[C@H]1C. The van der Waals surface area contributed by atoms with E-state index in [0.717, 1.165) is 11.5 Å². The number of aromatic amines is 1. The van der Waals surface area contributed by atoms with Gasteiger partial charge in [0.05, 0.1) is 6.10 Å². The Bertz CT molecular complexity index is 639. The third-order valence-electron chi connectivity index (χ3n) is 4.44. The Morgan fingerprint density at radius 2 is 2.14 bits per heavy atom. The first kappa shape index (κ1) is 16.2. The van der Waals surface area contributed by atoms with E-state index in [-0.39, 0.29) is 4.64 Å². The molecule has 1 aliphatic heterocycles. The number of rotatable bonds is 2. The fourth-order valence-corrected chi connectivity index (χ4v) is 3.00. The third-order valence-corrected chi connectivity index (χ3v) is 4.68. The Morgan fingerprint density at radius 3 is 2.62 bits per heavy atom. The Labute approximate surface area is 124 Å². The summed E-state index contributed by atoms with van der Waals surface area (Å²) in [5.74, 6) is -0.762. The second-order valence-electron chi connectivity index (χ2n) is 5.52. The van der Waals surface area contributed by atoms with Gasteiger partial charge in [0.15, 0.2) is 6.23 Å². The van der Waals surface area contributed by atoms with Crippen LogP contribution in [0.5, 0.6) is 0 Å². The van der Waals surface area contributed by atoms with Crippen molar-refractivity contribution >= 4 is 12.2 Å². The van der Waals surface area contributed by atoms with Gasteiger partial charge in [-0.2, -0.15) is 13.2 Å². The van der Waals surface area contributed by atoms with E-state index in [4.69, 9.17) is 17.0 Å². The van der Waals surface area contributed by atoms with Crippen LogP contribution in [0.15, 0.2) is 17.1 Å². The van der Waals surface area contributed by atoms with Gasteiger partial charge < -0.3 is 4.74 Å². The van der Waals surface area contributed by atoms with Crippen LogP contribution in [0.1, 0.15) is 33.4 Å². The molecule has 0 spiro atoms. The van der Waals surface area contributed by atoms with Gasteiger partial charge in [-0.1, -0.05) is 26.1 Å². The predicted octanol–water partition coefficient (Wildman–Crippen LogP) is 3.42. The second-order valence-corrected chi connectivity index (χ2v) is 5.96. The van der Waals surface area contributed by atoms with Crippen LogP contribution in [0, 0.1) is 16.0 Å². The molecular formula is C13H17F3N2O2S. The van der Waals surface area contributed by atoms with E-state index in [1.54, 1.807) is 6.92 Å². The number of ether oxygens (including phenoxy) is 1. The van der Waals surface area contributed by atoms with Gasteiger partial charge in [-0.15, -0.1) is 0 Å². The zero-order valence-electron chi connectivity index (χ0n) is 11.9. The predicted molar refractivity (Wildman–Crippen MR) is 73.4 cm³/mol. The molecule has 1 fully saturated rings. The van der Waals surface area contributed by atoms with Crippen LogP contribution in [0.3, 0.4) is 0 Å². The van der Waals surface area contributed by atoms with Crippen LogP contribution < -0.4 is 5.69 Å². The minimum absolute atomic E-state index is 0.169. The highest BCUT2D eigenvalue weighted by Gasteiger charge is 2.66. The largest absolute Gasteiger partial charge is 0.398 e. The van der Waals surface area contributed by atoms with Crippen LogP contribution in [0.4, 0.5) is 13.2 Å². The maximum atomic E-state index is 13.6. The number of aromatic nitrogens is 2. The molecule has 0 saturated carbocycles. The lowest BCUT2D eigenvalue weighted by atomic mass is 9.75. The maximum absolute atomic E-state index is 13.6. The molecule has 118 valence electrons. The van der Waals surface area contributed by atoms with Gasteiger partial charge in [0, 0.05) is 12.1 Å². The quantitative estimate of drug-likeness (QED) is 0.849. The lowest BCUT2D eigenvalue weighted by molar-refractivity contribution is -0.254. The number of nitrogens with one attached hydrogen (secondary N) is 1. The summed E-state index contributed by atoms with van der Waals surface area (Å²) in [4.78, 5) is 14.3. The second kappa shape index (κ2) is 5.24. The smallest absolute Gasteiger partial charge is 0.353 e. The zero-order valence-corrected chi connectivity index (χ0v) is 12.7. The summed E-state index contributed by atoms with van der Waals surface area (Å²) in [7, 11) is 0. The number of nitrogens with zero attached hydrogens (tertiary/aromatic N) is 1. The number of hydrogen-bond donors (Lipinski definition) is 1. The van der Waals surface area contributed by atoms with Crippen molar-refractivity contribution in [2.75, 3.05) is 0 Å². The van der Waals surface area contributed by atoms with Gasteiger partial charge in [0.2, 0.25) is 0 Å². The molecule has 0 bridgehead atoms. The van der Waals surface area contributed by atoms with Crippen LogP contribution in [-0.4, -0.2) is 21.8 Å². The Kier molecular flexibility index (Phi) is 4.05. The Morgan fingerprint density at radius 1 is 1.52 bits per heavy atom. The van der Waals surface area contributed by atoms with Gasteiger partial charge in [-0.25, -0.2) is 4.79 Å². The molecular weight excluding hydrogens is 305 g/mol. The van der Waals surface area contributed by atoms with Crippen LogP contribution in [0.2, 0.25) is 0 Å². The molecule has 21 heavy (non-hydrogen) atoms. The topological polar surface area (TPSA) is 47.0 Å². The van der Waals surface area contributed by atoms with Crippen LogP contribution in [0.25, 0.3) is 0 Å². The fourth-order valence-electron chi connectivity index (χ4n) is 2.85. The molecule has 0 amide bonds. The monoisotopic (exact) mass is 322 g/mol. The lowest BCUT2D eigenvalue weighted by Gasteiger charge is -2.36. The Balaban J connectivity index is 2.60. The van der Waals surface area contributed by atoms with E-state index in [0.29, 0.717) is 6.42 Å². The average molecular weight is 322 g/mol. The fraction of sp³-hybridized carbons (Fsp3) is 0.692. The molecule has 1 N–H and O–H groups in total. The molecule has 2 heterocycles. The van der Waals surface area contributed by atoms with E-state index in [9.17, 15) is 18.0 Å². The molecule has 1 saturated heterocycles. The van der Waals surface area contributed by atoms with Gasteiger partial charge in [0.1, 0.15) is 10.1 Å². The van der Waals surface area contributed by atoms with E-state index in [2.05, 4.69) is 4.98 Å². The number of hydrogen-bond acceptors (Lipinski definition) is 3. The van der Waals surface area contributed by atoms with Crippen molar-refractivity contribution in [3.63, 3.8) is 0 Å². The summed E-state index contributed by atoms with van der Waals surface area (Å²) in [6, 6.07) is 1.38. The van der Waals surface area contributed by atoms with Crippen molar-refractivity contribution in [1.82, 2.24) is 9.55 Å². The molecule has 4 nitrogen and oxygen atoms in total. The number of H-pyrrole nitrogens is 1. The Hall–Kier alpha value is -1.15. The molecule has 1 aliphatic rings. The average Bonchev–Trinajstić information content (AvgIpc) is 2.63. The minimum atomic E-state index is -4.49. The molecule has 1 aromatic heterocycles. The number of alkyl halides is 3. The van der Waals surface area contributed by atoms with E-state index < -0.39 is 35.5 Å². The first-order chi connectivity index (χ1) is 9.62. The van der Waals surface area contributed by atoms with Crippen molar-refractivity contribution in [3.8, 4) is 0 Å². The summed E-state index contributed by atoms with van der Waals surface area (Å²) in [5.41, 5.74) is -2.85. The molecule has 4 atom stereocenters. The van der Waals surface area contributed by atoms with Gasteiger partial charge in [0.25, 0.3) is 0 Å². The van der Waals surface area contributed by atoms with E-state index >= 15 is 0 Å². The number of halogens is 3. The minimum Gasteiger partial charge on any atom is -0.353 e. The van der Waals surface area contributed by atoms with Crippen molar-refractivity contribution < 1.29 is 17.9 Å². The van der Waals surface area contributed by atoms with Crippen LogP contribution in [-0.2, 0) is 4.74 Å². The highest BCUT2D eigenvalue weighted by molar-refractivity contribution is 7.71. The first-order valence-corrected chi connectivity index (χ1v) is 7.07. The van der Waals surface area contributed by atoms with Crippen molar-refractivity contribution in [1.29, 1.82) is 0 Å². The molecule has 1 unspecified atom stereocenters. The van der Waals surface area contributed by atoms with Crippen molar-refractivity contribution in [3.05, 3.63) is 27.4 Å². The molecule has 0 aliphatic carbocycles. The highest BCUT2D eigenvalue weighted by atomic mass is 32.1. The summed E-state index contributed by atoms with van der Waals surface area (Å²) in [6.45, 7) is 4.38. The van der Waals surface area contributed by atoms with Gasteiger partial charge in [-0.3, -0.25) is 9.55 Å². The normalized spacial score (nSPS) is 33.3. The summed E-state index contributed by atoms with van der Waals surface area (Å²) < 4.78 is 47.5. The summed E-state index contributed by atoms with van der Waals surface area (Å²) >= 11 is 4.80. The lowest BCUT2D eigenvalue weighted by Crippen LogP contribution is -2.46. The molecule has 1 aromatic rings. The first-order valence-electron chi connectivity index (χ1n) is 6.66. The summed E-state index contributed by atoms with van der Waals surface area (Å²) in [6.07, 6.45) is -4.76. The van der Waals surface area contributed by atoms with Crippen molar-refractivity contribution in [2.24, 2.45) is 11.3 Å². The van der Waals surface area contributed by atoms with E-state index in [1.165, 1.54) is 19.2 Å². The van der Waals surface area contributed by atoms with Gasteiger partial charge in [-0.05, 0) is 19.4 Å². The molecule has 0 radical (unpaired) electrons. The van der Waals surface area contributed by atoms with Crippen LogP contribution >= 0.6 is 12.2 Å². The zero-order chi connectivity index (χ0) is 16.0. The summed E-state index contributed by atoms with van der Waals surface area (Å²) in [5, 5.41) is 0. The maximum Gasteiger partial charge on any atom is 0.398 e. The molecule has 0 aromatic carbocycles. The van der Waals surface area contributed by atoms with E-state index in [1.807, 2.05) is 0 Å². The standard InChI is InChI=1S/C13H17F3N2O2S/c1-4-8-7(2)12(3,13(14,15)16)10(20-8)18-6-5-9(21)17-11(18)19/h5-8,10H,4H2,1-3H3,(H,17,19,21)/t7-,8+,10+,12?/m0/s1. The highest BCUT2D eigenvalue weighted by Crippen LogP contribution is 2.58. The molecule has 2 rings (SSSR count). The van der Waals surface area contributed by atoms with Crippen molar-refractivity contribution in [2.45, 2.75) is 45.7 Å². The molecule has 8 heteroatoms. The van der Waals surface area contributed by atoms with Gasteiger partial charge >= 0.3 is 11.9 Å². The third kappa shape index (κ3) is 2.44.